The molecule has 16 heavy (non-hydrogen) atoms. The summed E-state index contributed by atoms with van der Waals surface area (Å²) >= 11 is 1.46. The SMILES string of the molecule is COc1ncc(-c2ccnc(N(C)C)n2)s1. The summed E-state index contributed by atoms with van der Waals surface area (Å²) in [6.45, 7) is 0. The number of anilines is 1. The van der Waals surface area contributed by atoms with Gasteiger partial charge in [-0.15, -0.1) is 0 Å². The number of hydrogen-bond donors (Lipinski definition) is 0. The zero-order chi connectivity index (χ0) is 11.5. The van der Waals surface area contributed by atoms with E-state index < -0.39 is 0 Å². The topological polar surface area (TPSA) is 51.1 Å². The summed E-state index contributed by atoms with van der Waals surface area (Å²) in [6, 6.07) is 1.86. The average Bonchev–Trinajstić information content (AvgIpc) is 2.77. The van der Waals surface area contributed by atoms with Gasteiger partial charge in [0, 0.05) is 20.3 Å². The molecule has 84 valence electrons. The number of nitrogens with zero attached hydrogens (tertiary/aromatic N) is 4. The maximum atomic E-state index is 5.05. The highest BCUT2D eigenvalue weighted by molar-refractivity contribution is 7.16. The number of methoxy groups -OCH3 is 1. The molecular weight excluding hydrogens is 224 g/mol. The van der Waals surface area contributed by atoms with E-state index in [-0.39, 0.29) is 0 Å². The molecule has 0 radical (unpaired) electrons. The summed E-state index contributed by atoms with van der Waals surface area (Å²) in [5, 5.41) is 0.639. The van der Waals surface area contributed by atoms with Crippen LogP contribution in [0.25, 0.3) is 10.6 Å². The van der Waals surface area contributed by atoms with Gasteiger partial charge in [0.2, 0.25) is 5.95 Å². The Kier molecular flexibility index (Phi) is 3.00. The molecule has 0 saturated heterocycles. The third kappa shape index (κ3) is 2.11. The smallest absolute Gasteiger partial charge is 0.273 e. The molecule has 0 spiro atoms. The first-order valence-electron chi connectivity index (χ1n) is 4.71. The highest BCUT2D eigenvalue weighted by Gasteiger charge is 2.07. The Labute approximate surface area is 97.8 Å². The first-order valence-corrected chi connectivity index (χ1v) is 5.53. The van der Waals surface area contributed by atoms with Gasteiger partial charge in [-0.05, 0) is 6.07 Å². The monoisotopic (exact) mass is 236 g/mol. The van der Waals surface area contributed by atoms with Gasteiger partial charge in [0.15, 0.2) is 0 Å². The van der Waals surface area contributed by atoms with Crippen LogP contribution in [0, 0.1) is 0 Å². The van der Waals surface area contributed by atoms with Crippen LogP contribution in [-0.4, -0.2) is 36.2 Å². The van der Waals surface area contributed by atoms with Crippen LogP contribution >= 0.6 is 11.3 Å². The van der Waals surface area contributed by atoms with Crippen LogP contribution in [0.1, 0.15) is 0 Å². The second-order valence-electron chi connectivity index (χ2n) is 3.33. The lowest BCUT2D eigenvalue weighted by atomic mass is 10.4. The molecule has 0 atom stereocenters. The van der Waals surface area contributed by atoms with E-state index in [9.17, 15) is 0 Å². The van der Waals surface area contributed by atoms with E-state index in [4.69, 9.17) is 4.74 Å². The lowest BCUT2D eigenvalue weighted by Crippen LogP contribution is -2.12. The van der Waals surface area contributed by atoms with Crippen molar-refractivity contribution in [1.29, 1.82) is 0 Å². The van der Waals surface area contributed by atoms with Gasteiger partial charge in [0.25, 0.3) is 5.19 Å². The number of ether oxygens (including phenoxy) is 1. The standard InChI is InChI=1S/C10H12N4OS/c1-14(2)9-11-5-4-7(13-9)8-6-12-10(15-3)16-8/h4-6H,1-3H3. The lowest BCUT2D eigenvalue weighted by Gasteiger charge is -2.09. The third-order valence-corrected chi connectivity index (χ3v) is 2.94. The van der Waals surface area contributed by atoms with Gasteiger partial charge in [0.05, 0.1) is 23.9 Å². The first kappa shape index (κ1) is 10.8. The van der Waals surface area contributed by atoms with Gasteiger partial charge in [-0.25, -0.2) is 15.0 Å². The Morgan fingerprint density at radius 1 is 1.31 bits per heavy atom. The van der Waals surface area contributed by atoms with Crippen molar-refractivity contribution in [1.82, 2.24) is 15.0 Å². The molecule has 2 aromatic heterocycles. The fourth-order valence-corrected chi connectivity index (χ4v) is 1.87. The van der Waals surface area contributed by atoms with Crippen molar-refractivity contribution in [2.45, 2.75) is 0 Å². The molecule has 6 heteroatoms. The highest BCUT2D eigenvalue weighted by Crippen LogP contribution is 2.29. The maximum Gasteiger partial charge on any atom is 0.273 e. The van der Waals surface area contributed by atoms with E-state index >= 15 is 0 Å². The number of hydrogen-bond acceptors (Lipinski definition) is 6. The summed E-state index contributed by atoms with van der Waals surface area (Å²) in [4.78, 5) is 15.5. The minimum atomic E-state index is 0.639. The molecular formula is C10H12N4OS. The van der Waals surface area contributed by atoms with Crippen LogP contribution in [0.5, 0.6) is 5.19 Å². The Balaban J connectivity index is 2.36. The van der Waals surface area contributed by atoms with Crippen LogP contribution in [0.3, 0.4) is 0 Å². The Hall–Kier alpha value is -1.69. The first-order chi connectivity index (χ1) is 7.70. The number of rotatable bonds is 3. The van der Waals surface area contributed by atoms with E-state index in [1.165, 1.54) is 11.3 Å². The van der Waals surface area contributed by atoms with Crippen molar-refractivity contribution in [2.24, 2.45) is 0 Å². The van der Waals surface area contributed by atoms with Crippen LogP contribution in [0.4, 0.5) is 5.95 Å². The molecule has 2 aromatic rings. The molecule has 0 unspecified atom stereocenters. The fourth-order valence-electron chi connectivity index (χ4n) is 1.17. The van der Waals surface area contributed by atoms with E-state index in [1.54, 1.807) is 19.5 Å². The zero-order valence-electron chi connectivity index (χ0n) is 9.34. The minimum Gasteiger partial charge on any atom is -0.473 e. The van der Waals surface area contributed by atoms with Crippen LogP contribution in [0.15, 0.2) is 18.5 Å². The normalized spacial score (nSPS) is 10.2. The predicted octanol–water partition coefficient (Wildman–Crippen LogP) is 1.67. The zero-order valence-corrected chi connectivity index (χ0v) is 10.2. The molecule has 0 saturated carbocycles. The van der Waals surface area contributed by atoms with Crippen molar-refractivity contribution in [3.63, 3.8) is 0 Å². The van der Waals surface area contributed by atoms with E-state index in [2.05, 4.69) is 15.0 Å². The maximum absolute atomic E-state index is 5.05. The van der Waals surface area contributed by atoms with Gasteiger partial charge in [-0.2, -0.15) is 0 Å². The Morgan fingerprint density at radius 2 is 2.12 bits per heavy atom. The van der Waals surface area contributed by atoms with Crippen molar-refractivity contribution in [2.75, 3.05) is 26.1 Å². The summed E-state index contributed by atoms with van der Waals surface area (Å²) in [7, 11) is 5.42. The van der Waals surface area contributed by atoms with Crippen molar-refractivity contribution >= 4 is 17.3 Å². The van der Waals surface area contributed by atoms with Crippen LogP contribution in [0.2, 0.25) is 0 Å². The quantitative estimate of drug-likeness (QED) is 0.811. The summed E-state index contributed by atoms with van der Waals surface area (Å²) in [6.07, 6.45) is 3.50. The van der Waals surface area contributed by atoms with E-state index in [0.717, 1.165) is 10.6 Å². The molecule has 0 aliphatic heterocycles. The van der Waals surface area contributed by atoms with Gasteiger partial charge < -0.3 is 9.64 Å². The van der Waals surface area contributed by atoms with Gasteiger partial charge in [-0.3, -0.25) is 0 Å². The second kappa shape index (κ2) is 4.44. The molecule has 0 aliphatic rings. The predicted molar refractivity (Wildman–Crippen MR) is 64.0 cm³/mol. The molecule has 2 heterocycles. The Morgan fingerprint density at radius 3 is 2.75 bits per heavy atom. The second-order valence-corrected chi connectivity index (χ2v) is 4.32. The van der Waals surface area contributed by atoms with E-state index in [1.807, 2.05) is 25.1 Å². The van der Waals surface area contributed by atoms with Gasteiger partial charge >= 0.3 is 0 Å². The summed E-state index contributed by atoms with van der Waals surface area (Å²) in [5.41, 5.74) is 0.861. The van der Waals surface area contributed by atoms with E-state index in [0.29, 0.717) is 11.1 Å². The fraction of sp³-hybridized carbons (Fsp3) is 0.300. The highest BCUT2D eigenvalue weighted by atomic mass is 32.1. The Bertz CT molecular complexity index is 483. The number of aromatic nitrogens is 3. The molecule has 0 fully saturated rings. The molecule has 0 aromatic carbocycles. The van der Waals surface area contributed by atoms with Crippen LogP contribution in [-0.2, 0) is 0 Å². The molecule has 0 aliphatic carbocycles. The summed E-state index contributed by atoms with van der Waals surface area (Å²) in [5.74, 6) is 0.685. The third-order valence-electron chi connectivity index (χ3n) is 1.95. The minimum absolute atomic E-state index is 0.639. The largest absolute Gasteiger partial charge is 0.473 e. The average molecular weight is 236 g/mol. The lowest BCUT2D eigenvalue weighted by molar-refractivity contribution is 0.412. The molecule has 0 bridgehead atoms. The molecule has 2 rings (SSSR count). The van der Waals surface area contributed by atoms with Gasteiger partial charge in [0.1, 0.15) is 0 Å². The van der Waals surface area contributed by atoms with Crippen molar-refractivity contribution in [3.05, 3.63) is 18.5 Å². The molecule has 0 N–H and O–H groups in total. The summed E-state index contributed by atoms with van der Waals surface area (Å²) < 4.78 is 5.05. The molecule has 0 amide bonds. The number of thiazole rings is 1. The van der Waals surface area contributed by atoms with Crippen molar-refractivity contribution in [3.8, 4) is 15.8 Å². The van der Waals surface area contributed by atoms with Crippen LogP contribution < -0.4 is 9.64 Å². The van der Waals surface area contributed by atoms with Gasteiger partial charge in [-0.1, -0.05) is 11.3 Å². The van der Waals surface area contributed by atoms with Crippen molar-refractivity contribution < 1.29 is 4.74 Å². The molecule has 5 nitrogen and oxygen atoms in total.